The first-order valence-corrected chi connectivity index (χ1v) is 8.97. The summed E-state index contributed by atoms with van der Waals surface area (Å²) in [5.74, 6) is -0.0836. The molecule has 1 aromatic rings. The van der Waals surface area contributed by atoms with Gasteiger partial charge in [0.15, 0.2) is 16.9 Å². The molecular weight excluding hydrogens is 310 g/mol. The monoisotopic (exact) mass is 326 g/mol. The number of hydrogen-bond acceptors (Lipinski definition) is 4. The summed E-state index contributed by atoms with van der Waals surface area (Å²) in [6, 6.07) is 3.84. The smallest absolute Gasteiger partial charge is 0.341 e. The minimum atomic E-state index is -4.97. The molecule has 5 N–H and O–H groups in total. The predicted octanol–water partition coefficient (Wildman–Crippen LogP) is 1.01. The van der Waals surface area contributed by atoms with Crippen molar-refractivity contribution in [2.24, 2.45) is 0 Å². The van der Waals surface area contributed by atoms with Gasteiger partial charge >= 0.3 is 15.2 Å². The zero-order valence-electron chi connectivity index (χ0n) is 10.6. The molecule has 0 spiro atoms. The Morgan fingerprint density at radius 3 is 2.15 bits per heavy atom. The number of hydrogen-bond donors (Lipinski definition) is 5. The average molecular weight is 326 g/mol. The maximum absolute atomic E-state index is 11.2. The molecule has 0 aromatic heterocycles. The van der Waals surface area contributed by atoms with E-state index in [1.165, 1.54) is 18.2 Å². The molecule has 0 bridgehead atoms. The molecule has 1 aromatic carbocycles. The first-order chi connectivity index (χ1) is 9.05. The van der Waals surface area contributed by atoms with Gasteiger partial charge in [0.2, 0.25) is 0 Å². The SMILES string of the molecule is CCOc1cc(CC(P(=O)(O)O)P(=O)(O)O)ccc1O. The maximum atomic E-state index is 11.2. The molecule has 0 saturated heterocycles. The standard InChI is InChI=1S/C10H16O8P2/c1-2-18-9-5-7(3-4-8(9)11)6-10(19(12,13)14)20(15,16)17/h3-5,10-11H,2,6H2,1H3,(H2,12,13,14)(H2,15,16,17). The van der Waals surface area contributed by atoms with Crippen LogP contribution in [0.25, 0.3) is 0 Å². The molecule has 10 heteroatoms. The number of phenols is 1. The van der Waals surface area contributed by atoms with Gasteiger partial charge in [-0.1, -0.05) is 6.07 Å². The minimum absolute atomic E-state index is 0.0835. The second-order valence-electron chi connectivity index (χ2n) is 4.10. The van der Waals surface area contributed by atoms with Crippen molar-refractivity contribution in [3.05, 3.63) is 23.8 Å². The van der Waals surface area contributed by atoms with E-state index >= 15 is 0 Å². The molecule has 0 aliphatic carbocycles. The summed E-state index contributed by atoms with van der Waals surface area (Å²) in [7, 11) is -9.94. The molecule has 114 valence electrons. The van der Waals surface area contributed by atoms with E-state index in [0.717, 1.165) is 0 Å². The highest BCUT2D eigenvalue weighted by molar-refractivity contribution is 7.70. The lowest BCUT2D eigenvalue weighted by Crippen LogP contribution is -2.12. The van der Waals surface area contributed by atoms with Crippen LogP contribution in [0.1, 0.15) is 12.5 Å². The quantitative estimate of drug-likeness (QED) is 0.487. The average Bonchev–Trinajstić information content (AvgIpc) is 2.27. The molecule has 1 rings (SSSR count). The number of aromatic hydroxyl groups is 1. The van der Waals surface area contributed by atoms with Crippen LogP contribution in [0.2, 0.25) is 0 Å². The van der Waals surface area contributed by atoms with Crippen LogP contribution in [0.4, 0.5) is 0 Å². The fourth-order valence-corrected chi connectivity index (χ4v) is 4.07. The summed E-state index contributed by atoms with van der Waals surface area (Å²) in [5.41, 5.74) is 0.239. The third-order valence-electron chi connectivity index (χ3n) is 2.52. The van der Waals surface area contributed by atoms with E-state index in [1.807, 2.05) is 0 Å². The summed E-state index contributed by atoms with van der Waals surface area (Å²) in [6.45, 7) is 1.94. The molecule has 0 atom stereocenters. The number of ether oxygens (including phenoxy) is 1. The van der Waals surface area contributed by atoms with Gasteiger partial charge in [-0.05, 0) is 31.0 Å². The van der Waals surface area contributed by atoms with Crippen LogP contribution in [0.5, 0.6) is 11.5 Å². The lowest BCUT2D eigenvalue weighted by Gasteiger charge is -2.20. The van der Waals surface area contributed by atoms with Crippen molar-refractivity contribution in [1.82, 2.24) is 0 Å². The molecule has 0 fully saturated rings. The second-order valence-corrected chi connectivity index (χ2v) is 8.11. The highest BCUT2D eigenvalue weighted by Gasteiger charge is 2.43. The molecule has 0 unspecified atom stereocenters. The van der Waals surface area contributed by atoms with Crippen LogP contribution >= 0.6 is 15.2 Å². The molecule has 0 aliphatic heterocycles. The first-order valence-electron chi connectivity index (χ1n) is 5.60. The zero-order valence-corrected chi connectivity index (χ0v) is 12.4. The fourth-order valence-electron chi connectivity index (χ4n) is 1.60. The molecule has 0 aliphatic rings. The van der Waals surface area contributed by atoms with Gasteiger partial charge < -0.3 is 29.4 Å². The van der Waals surface area contributed by atoms with E-state index in [9.17, 15) is 14.2 Å². The Bertz CT molecular complexity index is 538. The highest BCUT2D eigenvalue weighted by atomic mass is 31.2. The maximum Gasteiger partial charge on any atom is 0.341 e. The molecular formula is C10H16O8P2. The molecule has 20 heavy (non-hydrogen) atoms. The van der Waals surface area contributed by atoms with Crippen molar-refractivity contribution in [2.45, 2.75) is 18.7 Å². The van der Waals surface area contributed by atoms with Crippen molar-refractivity contribution in [3.63, 3.8) is 0 Å². The summed E-state index contributed by atoms with van der Waals surface area (Å²) in [4.78, 5) is 36.2. The van der Waals surface area contributed by atoms with E-state index in [0.29, 0.717) is 0 Å². The van der Waals surface area contributed by atoms with Crippen LogP contribution in [0, 0.1) is 0 Å². The van der Waals surface area contributed by atoms with Crippen molar-refractivity contribution in [1.29, 1.82) is 0 Å². The van der Waals surface area contributed by atoms with Gasteiger partial charge in [0.1, 0.15) is 0 Å². The summed E-state index contributed by atoms with van der Waals surface area (Å²) < 4.78 is 27.5. The lowest BCUT2D eigenvalue weighted by molar-refractivity contribution is 0.317. The molecule has 0 radical (unpaired) electrons. The Morgan fingerprint density at radius 1 is 1.15 bits per heavy atom. The molecule has 0 amide bonds. The van der Waals surface area contributed by atoms with E-state index in [4.69, 9.17) is 24.3 Å². The second kappa shape index (κ2) is 6.26. The van der Waals surface area contributed by atoms with E-state index in [2.05, 4.69) is 0 Å². The Morgan fingerprint density at radius 2 is 1.70 bits per heavy atom. The molecule has 0 saturated carbocycles. The first kappa shape index (κ1) is 17.2. The summed E-state index contributed by atoms with van der Waals surface area (Å²) in [6.07, 6.45) is -0.533. The number of benzene rings is 1. The van der Waals surface area contributed by atoms with Gasteiger partial charge in [-0.15, -0.1) is 0 Å². The van der Waals surface area contributed by atoms with Gasteiger partial charge in [-0.2, -0.15) is 0 Å². The fraction of sp³-hybridized carbons (Fsp3) is 0.400. The van der Waals surface area contributed by atoms with Crippen molar-refractivity contribution >= 4 is 15.2 Å². The number of rotatable bonds is 6. The van der Waals surface area contributed by atoms with Gasteiger partial charge in [0, 0.05) is 0 Å². The van der Waals surface area contributed by atoms with Gasteiger partial charge in [0.05, 0.1) is 6.61 Å². The third kappa shape index (κ3) is 4.59. The normalized spacial score (nSPS) is 12.7. The van der Waals surface area contributed by atoms with Crippen molar-refractivity contribution in [2.75, 3.05) is 6.61 Å². The Kier molecular flexibility index (Phi) is 5.38. The number of phenolic OH excluding ortho intramolecular Hbond substituents is 1. The van der Waals surface area contributed by atoms with Crippen molar-refractivity contribution in [3.8, 4) is 11.5 Å². The molecule has 0 heterocycles. The topological polar surface area (TPSA) is 145 Å². The van der Waals surface area contributed by atoms with Crippen molar-refractivity contribution < 1.29 is 38.5 Å². The zero-order chi connectivity index (χ0) is 15.6. The Hall–Kier alpha value is -0.880. The lowest BCUT2D eigenvalue weighted by atomic mass is 10.1. The van der Waals surface area contributed by atoms with Crippen LogP contribution in [-0.2, 0) is 15.6 Å². The Labute approximate surface area is 115 Å². The van der Waals surface area contributed by atoms with Crippen LogP contribution < -0.4 is 4.74 Å². The van der Waals surface area contributed by atoms with Crippen LogP contribution in [0.3, 0.4) is 0 Å². The highest BCUT2D eigenvalue weighted by Crippen LogP contribution is 2.61. The van der Waals surface area contributed by atoms with E-state index in [-0.39, 0.29) is 23.7 Å². The third-order valence-corrected chi connectivity index (χ3v) is 6.24. The van der Waals surface area contributed by atoms with Gasteiger partial charge in [-0.25, -0.2) is 0 Å². The van der Waals surface area contributed by atoms with E-state index in [1.54, 1.807) is 6.92 Å². The van der Waals surface area contributed by atoms with Gasteiger partial charge in [0.25, 0.3) is 0 Å². The predicted molar refractivity (Wildman–Crippen MR) is 70.9 cm³/mol. The largest absolute Gasteiger partial charge is 0.504 e. The summed E-state index contributed by atoms with van der Waals surface area (Å²) in [5, 5.41) is 7.37. The van der Waals surface area contributed by atoms with Crippen LogP contribution in [-0.4, -0.2) is 36.7 Å². The minimum Gasteiger partial charge on any atom is -0.504 e. The van der Waals surface area contributed by atoms with E-state index < -0.39 is 27.0 Å². The van der Waals surface area contributed by atoms with Gasteiger partial charge in [-0.3, -0.25) is 9.13 Å². The summed E-state index contributed by atoms with van der Waals surface area (Å²) >= 11 is 0. The molecule has 8 nitrogen and oxygen atoms in total. The van der Waals surface area contributed by atoms with Crippen LogP contribution in [0.15, 0.2) is 18.2 Å². The Balaban J connectivity index is 3.10.